The molecule has 0 fully saturated rings. The normalized spacial score (nSPS) is 11.1. The molecule has 0 atom stereocenters. The molecule has 1 aromatic carbocycles. The van der Waals surface area contributed by atoms with Crippen LogP contribution < -0.4 is 5.32 Å². The Bertz CT molecular complexity index is 669. The Morgan fingerprint density at radius 1 is 1.28 bits per heavy atom. The maximum atomic E-state index is 4.77. The Labute approximate surface area is 172 Å². The summed E-state index contributed by atoms with van der Waals surface area (Å²) in [5, 5.41) is 6.71. The zero-order chi connectivity index (χ0) is 17.4. The Hall–Kier alpha value is -1.15. The van der Waals surface area contributed by atoms with Crippen LogP contribution >= 0.6 is 35.3 Å². The smallest absolute Gasteiger partial charge is 0.193 e. The maximum absolute atomic E-state index is 4.77. The Morgan fingerprint density at radius 2 is 2.04 bits per heavy atom. The van der Waals surface area contributed by atoms with Crippen molar-refractivity contribution in [2.45, 2.75) is 40.2 Å². The monoisotopic (exact) mass is 472 g/mol. The van der Waals surface area contributed by atoms with Crippen molar-refractivity contribution in [3.05, 3.63) is 51.5 Å². The van der Waals surface area contributed by atoms with Gasteiger partial charge in [0.05, 0.1) is 5.01 Å². The Kier molecular flexibility index (Phi) is 10.0. The van der Waals surface area contributed by atoms with Gasteiger partial charge in [0.2, 0.25) is 0 Å². The van der Waals surface area contributed by atoms with E-state index < -0.39 is 0 Å². The largest absolute Gasteiger partial charge is 0.357 e. The van der Waals surface area contributed by atoms with E-state index in [9.17, 15) is 0 Å². The molecule has 0 aliphatic rings. The van der Waals surface area contributed by atoms with Gasteiger partial charge in [-0.15, -0.1) is 35.3 Å². The summed E-state index contributed by atoms with van der Waals surface area (Å²) >= 11 is 1.74. The van der Waals surface area contributed by atoms with Gasteiger partial charge in [-0.25, -0.2) is 4.98 Å². The molecule has 0 saturated heterocycles. The number of benzene rings is 1. The summed E-state index contributed by atoms with van der Waals surface area (Å²) in [6.07, 6.45) is 2.03. The second-order valence-corrected chi connectivity index (χ2v) is 6.95. The fraction of sp³-hybridized carbons (Fsp3) is 0.474. The summed E-state index contributed by atoms with van der Waals surface area (Å²) in [4.78, 5) is 11.5. The highest BCUT2D eigenvalue weighted by atomic mass is 127. The quantitative estimate of drug-likeness (QED) is 0.281. The summed E-state index contributed by atoms with van der Waals surface area (Å²) < 4.78 is 0. The number of rotatable bonds is 7. The third-order valence-corrected chi connectivity index (χ3v) is 4.87. The lowest BCUT2D eigenvalue weighted by atomic mass is 10.1. The number of aryl methyl sites for hydroxylation is 3. The first kappa shape index (κ1) is 21.9. The zero-order valence-electron chi connectivity index (χ0n) is 15.6. The second-order valence-electron chi connectivity index (χ2n) is 6.00. The van der Waals surface area contributed by atoms with Crippen LogP contribution in [0.4, 0.5) is 0 Å². The van der Waals surface area contributed by atoms with Crippen LogP contribution in [-0.2, 0) is 13.0 Å². The molecular weight excluding hydrogens is 443 g/mol. The van der Waals surface area contributed by atoms with Crippen LogP contribution in [0.1, 0.15) is 35.2 Å². The molecule has 0 amide bonds. The van der Waals surface area contributed by atoms with E-state index in [0.29, 0.717) is 0 Å². The van der Waals surface area contributed by atoms with E-state index >= 15 is 0 Å². The summed E-state index contributed by atoms with van der Waals surface area (Å²) in [7, 11) is 2.10. The average molecular weight is 472 g/mol. The van der Waals surface area contributed by atoms with Gasteiger partial charge in [0.15, 0.2) is 5.96 Å². The molecular formula is C19H29IN4S. The molecule has 2 rings (SSSR count). The van der Waals surface area contributed by atoms with E-state index in [1.54, 1.807) is 11.3 Å². The third kappa shape index (κ3) is 7.32. The van der Waals surface area contributed by atoms with Gasteiger partial charge in [-0.3, -0.25) is 4.99 Å². The average Bonchev–Trinajstić information content (AvgIpc) is 2.98. The molecule has 1 N–H and O–H groups in total. The maximum Gasteiger partial charge on any atom is 0.193 e. The van der Waals surface area contributed by atoms with E-state index in [1.807, 2.05) is 6.92 Å². The number of aliphatic imine (C=N–C) groups is 1. The van der Waals surface area contributed by atoms with Crippen molar-refractivity contribution in [2.24, 2.45) is 4.99 Å². The first-order valence-electron chi connectivity index (χ1n) is 8.55. The molecule has 0 unspecified atom stereocenters. The molecule has 2 aromatic rings. The van der Waals surface area contributed by atoms with Crippen LogP contribution in [0, 0.1) is 13.8 Å². The van der Waals surface area contributed by atoms with E-state index in [4.69, 9.17) is 4.99 Å². The lowest BCUT2D eigenvalue weighted by molar-refractivity contribution is 0.475. The molecule has 0 bridgehead atoms. The number of aromatic nitrogens is 1. The van der Waals surface area contributed by atoms with Gasteiger partial charge in [0, 0.05) is 44.2 Å². The minimum atomic E-state index is 0. The number of hydrogen-bond donors (Lipinski definition) is 1. The molecule has 6 heteroatoms. The van der Waals surface area contributed by atoms with Gasteiger partial charge in [-0.2, -0.15) is 0 Å². The van der Waals surface area contributed by atoms with Gasteiger partial charge in [-0.1, -0.05) is 24.3 Å². The molecule has 0 aliphatic heterocycles. The number of hydrogen-bond acceptors (Lipinski definition) is 3. The Morgan fingerprint density at radius 3 is 2.68 bits per heavy atom. The van der Waals surface area contributed by atoms with E-state index in [2.05, 4.69) is 65.7 Å². The zero-order valence-corrected chi connectivity index (χ0v) is 18.7. The highest BCUT2D eigenvalue weighted by molar-refractivity contribution is 14.0. The van der Waals surface area contributed by atoms with Crippen molar-refractivity contribution in [1.29, 1.82) is 0 Å². The topological polar surface area (TPSA) is 40.5 Å². The lowest BCUT2D eigenvalue weighted by Crippen LogP contribution is -2.38. The second kappa shape index (κ2) is 11.5. The predicted molar refractivity (Wildman–Crippen MR) is 119 cm³/mol. The van der Waals surface area contributed by atoms with Gasteiger partial charge in [0.25, 0.3) is 0 Å². The standard InChI is InChI=1S/C19H28N4S.HI/c1-5-20-19(21-12-8-11-18-22-16(3)14-24-18)23(4)13-17-10-7-6-9-15(17)2;/h6-7,9-10,14H,5,8,11-13H2,1-4H3,(H,20,21);1H. The lowest BCUT2D eigenvalue weighted by Gasteiger charge is -2.23. The molecule has 0 radical (unpaired) electrons. The van der Waals surface area contributed by atoms with Crippen LogP contribution in [0.5, 0.6) is 0 Å². The van der Waals surface area contributed by atoms with E-state index in [-0.39, 0.29) is 24.0 Å². The molecule has 0 saturated carbocycles. The summed E-state index contributed by atoms with van der Waals surface area (Å²) in [6.45, 7) is 8.87. The van der Waals surface area contributed by atoms with E-state index in [0.717, 1.165) is 44.1 Å². The molecule has 4 nitrogen and oxygen atoms in total. The van der Waals surface area contributed by atoms with Crippen molar-refractivity contribution in [3.63, 3.8) is 0 Å². The number of nitrogens with one attached hydrogen (secondary N) is 1. The molecule has 25 heavy (non-hydrogen) atoms. The summed E-state index contributed by atoms with van der Waals surface area (Å²) in [5.74, 6) is 0.969. The van der Waals surface area contributed by atoms with Gasteiger partial charge >= 0.3 is 0 Å². The minimum Gasteiger partial charge on any atom is -0.357 e. The van der Waals surface area contributed by atoms with Crippen molar-refractivity contribution < 1.29 is 0 Å². The van der Waals surface area contributed by atoms with Crippen molar-refractivity contribution in [1.82, 2.24) is 15.2 Å². The predicted octanol–water partition coefficient (Wildman–Crippen LogP) is 4.41. The number of halogens is 1. The molecule has 138 valence electrons. The van der Waals surface area contributed by atoms with Crippen molar-refractivity contribution in [3.8, 4) is 0 Å². The van der Waals surface area contributed by atoms with Crippen molar-refractivity contribution in [2.75, 3.05) is 20.1 Å². The van der Waals surface area contributed by atoms with E-state index in [1.165, 1.54) is 16.1 Å². The SMILES string of the molecule is CCNC(=NCCCc1nc(C)cs1)N(C)Cc1ccccc1C.I. The van der Waals surface area contributed by atoms with Crippen LogP contribution in [0.15, 0.2) is 34.6 Å². The molecule has 1 heterocycles. The molecule has 0 aliphatic carbocycles. The van der Waals surface area contributed by atoms with Crippen LogP contribution in [0.25, 0.3) is 0 Å². The minimum absolute atomic E-state index is 0. The number of guanidine groups is 1. The first-order chi connectivity index (χ1) is 11.6. The highest BCUT2D eigenvalue weighted by Gasteiger charge is 2.08. The number of nitrogens with zero attached hydrogens (tertiary/aromatic N) is 3. The Balaban J connectivity index is 0.00000312. The van der Waals surface area contributed by atoms with Gasteiger partial charge in [0.1, 0.15) is 0 Å². The third-order valence-electron chi connectivity index (χ3n) is 3.84. The van der Waals surface area contributed by atoms with Crippen molar-refractivity contribution >= 4 is 41.3 Å². The fourth-order valence-corrected chi connectivity index (χ4v) is 3.34. The van der Waals surface area contributed by atoms with Gasteiger partial charge < -0.3 is 10.2 Å². The van der Waals surface area contributed by atoms with Gasteiger partial charge in [-0.05, 0) is 38.3 Å². The van der Waals surface area contributed by atoms with Crippen LogP contribution in [0.2, 0.25) is 0 Å². The molecule has 1 aromatic heterocycles. The first-order valence-corrected chi connectivity index (χ1v) is 9.43. The fourth-order valence-electron chi connectivity index (χ4n) is 2.52. The highest BCUT2D eigenvalue weighted by Crippen LogP contribution is 2.11. The summed E-state index contributed by atoms with van der Waals surface area (Å²) in [5.41, 5.74) is 3.77. The number of thiazole rings is 1. The summed E-state index contributed by atoms with van der Waals surface area (Å²) in [6, 6.07) is 8.51. The van der Waals surface area contributed by atoms with Crippen LogP contribution in [-0.4, -0.2) is 36.0 Å². The van der Waals surface area contributed by atoms with Crippen LogP contribution in [0.3, 0.4) is 0 Å². The molecule has 0 spiro atoms.